The number of halogens is 1. The van der Waals surface area contributed by atoms with E-state index in [-0.39, 0.29) is 23.9 Å². The lowest BCUT2D eigenvalue weighted by atomic mass is 10.0. The number of fused-ring (bicyclic) bond motifs is 1. The van der Waals surface area contributed by atoms with Gasteiger partial charge in [-0.1, -0.05) is 37.2 Å². The largest absolute Gasteiger partial charge is 0.458 e. The monoisotopic (exact) mass is 442 g/mol. The summed E-state index contributed by atoms with van der Waals surface area (Å²) in [6, 6.07) is 7.58. The minimum absolute atomic E-state index is 0.224. The van der Waals surface area contributed by atoms with Crippen molar-refractivity contribution in [2.24, 2.45) is 0 Å². The van der Waals surface area contributed by atoms with Crippen molar-refractivity contribution in [2.45, 2.75) is 50.5 Å². The van der Waals surface area contributed by atoms with Gasteiger partial charge in [0.25, 0.3) is 5.56 Å². The smallest absolute Gasteiger partial charge is 0.306 e. The maximum Gasteiger partial charge on any atom is 0.306 e. The lowest BCUT2D eigenvalue weighted by molar-refractivity contribution is -0.149. The van der Waals surface area contributed by atoms with Gasteiger partial charge in [-0.05, 0) is 36.4 Å². The van der Waals surface area contributed by atoms with Gasteiger partial charge in [-0.25, -0.2) is 19.0 Å². The minimum Gasteiger partial charge on any atom is -0.458 e. The molecule has 2 aromatic heterocycles. The molecule has 162 valence electrons. The molecule has 0 N–H and O–H groups in total. The van der Waals surface area contributed by atoms with Crippen LogP contribution >= 0.6 is 11.8 Å². The van der Waals surface area contributed by atoms with Gasteiger partial charge in [0.05, 0.1) is 30.0 Å². The van der Waals surface area contributed by atoms with Gasteiger partial charge in [-0.3, -0.25) is 14.3 Å². The Hall–Kier alpha value is -2.94. The van der Waals surface area contributed by atoms with Crippen molar-refractivity contribution in [1.82, 2.24) is 19.3 Å². The Labute approximate surface area is 183 Å². The molecule has 1 aliphatic rings. The fraction of sp³-hybridized carbons (Fsp3) is 0.364. The SMILES string of the molecule is CCCCC(=O)OC1Cn2c(-c3ccnc(SC)n3)c(-c3ccc(F)cc3)c(=O)n2C1. The Balaban J connectivity index is 1.77. The molecule has 0 saturated carbocycles. The van der Waals surface area contributed by atoms with Crippen LogP contribution in [-0.2, 0) is 22.6 Å². The van der Waals surface area contributed by atoms with Crippen molar-refractivity contribution in [3.8, 4) is 22.5 Å². The quantitative estimate of drug-likeness (QED) is 0.315. The highest BCUT2D eigenvalue weighted by Crippen LogP contribution is 2.32. The van der Waals surface area contributed by atoms with E-state index < -0.39 is 6.10 Å². The number of aromatic nitrogens is 4. The zero-order valence-electron chi connectivity index (χ0n) is 17.4. The third-order valence-corrected chi connectivity index (χ3v) is 5.77. The molecule has 3 heterocycles. The van der Waals surface area contributed by atoms with Gasteiger partial charge < -0.3 is 4.74 Å². The number of hydrogen-bond donors (Lipinski definition) is 0. The van der Waals surface area contributed by atoms with Crippen LogP contribution in [0.4, 0.5) is 4.39 Å². The standard InChI is InChI=1S/C22H23FN4O3S/c1-3-4-5-18(28)30-16-12-26-20(17-10-11-24-22(25-17)31-2)19(21(29)27(26)13-16)14-6-8-15(23)9-7-14/h6-11,16H,3-5,12-13H2,1-2H3. The van der Waals surface area contributed by atoms with Gasteiger partial charge in [0.15, 0.2) is 5.16 Å². The van der Waals surface area contributed by atoms with Crippen LogP contribution < -0.4 is 5.56 Å². The van der Waals surface area contributed by atoms with E-state index in [1.165, 1.54) is 23.9 Å². The van der Waals surface area contributed by atoms with Gasteiger partial charge in [0.1, 0.15) is 11.9 Å². The molecule has 31 heavy (non-hydrogen) atoms. The van der Waals surface area contributed by atoms with E-state index in [0.717, 1.165) is 12.8 Å². The molecule has 1 atom stereocenters. The number of hydrogen-bond acceptors (Lipinski definition) is 6. The van der Waals surface area contributed by atoms with E-state index in [1.54, 1.807) is 29.1 Å². The Kier molecular flexibility index (Phi) is 6.22. The van der Waals surface area contributed by atoms with Crippen molar-refractivity contribution < 1.29 is 13.9 Å². The maximum atomic E-state index is 13.5. The Morgan fingerprint density at radius 1 is 1.23 bits per heavy atom. The molecule has 0 aliphatic carbocycles. The molecular formula is C22H23FN4O3S. The van der Waals surface area contributed by atoms with Crippen LogP contribution in [0.2, 0.25) is 0 Å². The molecular weight excluding hydrogens is 419 g/mol. The van der Waals surface area contributed by atoms with E-state index in [1.807, 2.05) is 17.9 Å². The zero-order chi connectivity index (χ0) is 22.0. The summed E-state index contributed by atoms with van der Waals surface area (Å²) in [6.07, 6.45) is 5.16. The number of unbranched alkanes of at least 4 members (excludes halogenated alkanes) is 1. The van der Waals surface area contributed by atoms with Crippen LogP contribution in [-0.4, -0.2) is 37.7 Å². The molecule has 7 nitrogen and oxygen atoms in total. The van der Waals surface area contributed by atoms with E-state index in [0.29, 0.717) is 40.6 Å². The number of carbonyl (C=O) groups excluding carboxylic acids is 1. The Bertz CT molecular complexity index is 1160. The molecule has 0 radical (unpaired) electrons. The lowest BCUT2D eigenvalue weighted by Crippen LogP contribution is -2.23. The molecule has 0 fully saturated rings. The van der Waals surface area contributed by atoms with E-state index in [2.05, 4.69) is 9.97 Å². The lowest BCUT2D eigenvalue weighted by Gasteiger charge is -2.12. The molecule has 9 heteroatoms. The second kappa shape index (κ2) is 9.05. The summed E-state index contributed by atoms with van der Waals surface area (Å²) < 4.78 is 22.5. The summed E-state index contributed by atoms with van der Waals surface area (Å²) in [5.41, 5.74) is 2.03. The van der Waals surface area contributed by atoms with Gasteiger partial charge in [0, 0.05) is 12.6 Å². The predicted molar refractivity (Wildman–Crippen MR) is 116 cm³/mol. The van der Waals surface area contributed by atoms with Crippen molar-refractivity contribution in [2.75, 3.05) is 6.26 Å². The summed E-state index contributed by atoms with van der Waals surface area (Å²) in [7, 11) is 0. The van der Waals surface area contributed by atoms with Crippen LogP contribution in [0.1, 0.15) is 26.2 Å². The predicted octanol–water partition coefficient (Wildman–Crippen LogP) is 3.75. The van der Waals surface area contributed by atoms with Gasteiger partial charge in [-0.15, -0.1) is 0 Å². The molecule has 0 bridgehead atoms. The fourth-order valence-corrected chi connectivity index (χ4v) is 4.11. The summed E-state index contributed by atoms with van der Waals surface area (Å²) >= 11 is 1.40. The van der Waals surface area contributed by atoms with Gasteiger partial charge >= 0.3 is 5.97 Å². The average molecular weight is 443 g/mol. The average Bonchev–Trinajstić information content (AvgIpc) is 3.30. The Morgan fingerprint density at radius 3 is 2.68 bits per heavy atom. The number of nitrogens with zero attached hydrogens (tertiary/aromatic N) is 4. The van der Waals surface area contributed by atoms with Gasteiger partial charge in [0.2, 0.25) is 0 Å². The first-order valence-electron chi connectivity index (χ1n) is 10.2. The zero-order valence-corrected chi connectivity index (χ0v) is 18.2. The third kappa shape index (κ3) is 4.27. The summed E-state index contributed by atoms with van der Waals surface area (Å²) in [6.45, 7) is 2.63. The Morgan fingerprint density at radius 2 is 1.97 bits per heavy atom. The van der Waals surface area contributed by atoms with E-state index in [9.17, 15) is 14.0 Å². The summed E-state index contributed by atoms with van der Waals surface area (Å²) in [5.74, 6) is -0.624. The number of ether oxygens (including phenoxy) is 1. The second-order valence-corrected chi connectivity index (χ2v) is 8.12. The van der Waals surface area contributed by atoms with Crippen LogP contribution in [0.5, 0.6) is 0 Å². The normalized spacial score (nSPS) is 15.1. The molecule has 0 spiro atoms. The van der Waals surface area contributed by atoms with Crippen LogP contribution in [0.3, 0.4) is 0 Å². The minimum atomic E-state index is -0.417. The summed E-state index contributed by atoms with van der Waals surface area (Å²) in [4.78, 5) is 34.3. The topological polar surface area (TPSA) is 79.0 Å². The second-order valence-electron chi connectivity index (χ2n) is 7.34. The molecule has 0 saturated heterocycles. The van der Waals surface area contributed by atoms with Crippen LogP contribution in [0, 0.1) is 5.82 Å². The highest BCUT2D eigenvalue weighted by atomic mass is 32.2. The molecule has 0 amide bonds. The molecule has 4 rings (SSSR count). The van der Waals surface area contributed by atoms with E-state index in [4.69, 9.17) is 4.74 Å². The number of benzene rings is 1. The molecule has 1 aliphatic heterocycles. The number of carbonyl (C=O) groups is 1. The number of thioether (sulfide) groups is 1. The van der Waals surface area contributed by atoms with Crippen molar-refractivity contribution in [3.63, 3.8) is 0 Å². The molecule has 1 unspecified atom stereocenters. The number of rotatable bonds is 7. The van der Waals surface area contributed by atoms with Crippen molar-refractivity contribution in [3.05, 3.63) is 52.7 Å². The first-order valence-corrected chi connectivity index (χ1v) is 11.4. The number of esters is 1. The van der Waals surface area contributed by atoms with E-state index >= 15 is 0 Å². The highest BCUT2D eigenvalue weighted by molar-refractivity contribution is 7.98. The van der Waals surface area contributed by atoms with Crippen molar-refractivity contribution in [1.29, 1.82) is 0 Å². The first kappa shape index (κ1) is 21.3. The highest BCUT2D eigenvalue weighted by Gasteiger charge is 2.32. The fourth-order valence-electron chi connectivity index (χ4n) is 3.75. The maximum absolute atomic E-state index is 13.5. The summed E-state index contributed by atoms with van der Waals surface area (Å²) in [5, 5.41) is 0.580. The molecule has 3 aromatic rings. The van der Waals surface area contributed by atoms with Crippen LogP contribution in [0.25, 0.3) is 22.5 Å². The van der Waals surface area contributed by atoms with Crippen LogP contribution in [0.15, 0.2) is 46.5 Å². The molecule has 1 aromatic carbocycles. The first-order chi connectivity index (χ1) is 15.0. The van der Waals surface area contributed by atoms with Gasteiger partial charge in [-0.2, -0.15) is 0 Å². The third-order valence-electron chi connectivity index (χ3n) is 5.21. The van der Waals surface area contributed by atoms with Crippen molar-refractivity contribution >= 4 is 17.7 Å².